The van der Waals surface area contributed by atoms with Gasteiger partial charge in [0.25, 0.3) is 0 Å². The van der Waals surface area contributed by atoms with Gasteiger partial charge in [-0.25, -0.2) is 0 Å². The topological polar surface area (TPSA) is 58.6 Å². The van der Waals surface area contributed by atoms with Gasteiger partial charge in [0.1, 0.15) is 6.61 Å². The number of nitrogens with one attached hydrogen (secondary N) is 1. The first-order chi connectivity index (χ1) is 7.04. The summed E-state index contributed by atoms with van der Waals surface area (Å²) < 4.78 is 4.62. The van der Waals surface area contributed by atoms with Gasteiger partial charge in [0.2, 0.25) is 5.91 Å². The van der Waals surface area contributed by atoms with E-state index in [1.165, 1.54) is 19.2 Å². The molecular formula is C9H9Cl2NO3. The summed E-state index contributed by atoms with van der Waals surface area (Å²) in [6.45, 7) is -0.108. The molecule has 1 amide bonds. The van der Waals surface area contributed by atoms with Crippen molar-refractivity contribution in [3.05, 3.63) is 22.2 Å². The molecule has 0 heterocycles. The molecule has 0 spiro atoms. The number of phenols is 1. The van der Waals surface area contributed by atoms with Crippen molar-refractivity contribution in [2.45, 2.75) is 0 Å². The summed E-state index contributed by atoms with van der Waals surface area (Å²) in [5, 5.41) is 12.3. The summed E-state index contributed by atoms with van der Waals surface area (Å²) in [6, 6.07) is 2.78. The molecule has 6 heteroatoms. The van der Waals surface area contributed by atoms with Gasteiger partial charge in [-0.3, -0.25) is 4.79 Å². The number of carbonyl (C=O) groups excluding carboxylic acids is 1. The number of methoxy groups -OCH3 is 1. The van der Waals surface area contributed by atoms with E-state index in [1.807, 2.05) is 0 Å². The lowest BCUT2D eigenvalue weighted by Gasteiger charge is -2.08. The van der Waals surface area contributed by atoms with Gasteiger partial charge in [0, 0.05) is 12.1 Å². The van der Waals surface area contributed by atoms with Crippen LogP contribution >= 0.6 is 23.2 Å². The van der Waals surface area contributed by atoms with E-state index in [-0.39, 0.29) is 23.1 Å². The molecule has 1 aromatic carbocycles. The van der Waals surface area contributed by atoms with Crippen LogP contribution in [0.2, 0.25) is 10.0 Å². The fourth-order valence-corrected chi connectivity index (χ4v) is 1.47. The Balaban J connectivity index is 2.89. The number of benzene rings is 1. The number of anilines is 1. The van der Waals surface area contributed by atoms with Crippen LogP contribution in [0.4, 0.5) is 5.69 Å². The lowest BCUT2D eigenvalue weighted by Crippen LogP contribution is -2.17. The fourth-order valence-electron chi connectivity index (χ4n) is 0.979. The molecule has 0 atom stereocenters. The molecule has 1 aromatic rings. The van der Waals surface area contributed by atoms with Crippen LogP contribution in [0, 0.1) is 0 Å². The molecule has 0 aliphatic heterocycles. The average molecular weight is 250 g/mol. The minimum atomic E-state index is -0.397. The Hall–Kier alpha value is -0.970. The number of hydrogen-bond acceptors (Lipinski definition) is 3. The van der Waals surface area contributed by atoms with Crippen LogP contribution in [0.25, 0.3) is 0 Å². The zero-order chi connectivity index (χ0) is 11.4. The monoisotopic (exact) mass is 249 g/mol. The number of carbonyl (C=O) groups is 1. The maximum Gasteiger partial charge on any atom is 0.250 e. The molecule has 1 rings (SSSR count). The Kier molecular flexibility index (Phi) is 4.20. The molecule has 0 fully saturated rings. The molecule has 15 heavy (non-hydrogen) atoms. The molecule has 82 valence electrons. The van der Waals surface area contributed by atoms with E-state index < -0.39 is 5.91 Å². The Morgan fingerprint density at radius 2 is 2.20 bits per heavy atom. The highest BCUT2D eigenvalue weighted by Gasteiger charge is 2.10. The van der Waals surface area contributed by atoms with Crippen molar-refractivity contribution >= 4 is 34.8 Å². The van der Waals surface area contributed by atoms with Crippen molar-refractivity contribution in [3.8, 4) is 5.75 Å². The highest BCUT2D eigenvalue weighted by Crippen LogP contribution is 2.34. The van der Waals surface area contributed by atoms with Gasteiger partial charge in [0.05, 0.1) is 10.7 Å². The Morgan fingerprint density at radius 1 is 1.53 bits per heavy atom. The van der Waals surface area contributed by atoms with Gasteiger partial charge < -0.3 is 15.2 Å². The van der Waals surface area contributed by atoms with E-state index >= 15 is 0 Å². The maximum absolute atomic E-state index is 11.2. The zero-order valence-corrected chi connectivity index (χ0v) is 9.39. The van der Waals surface area contributed by atoms with Crippen LogP contribution in [0.15, 0.2) is 12.1 Å². The number of ether oxygens (including phenoxy) is 1. The Bertz CT molecular complexity index is 382. The van der Waals surface area contributed by atoms with Crippen molar-refractivity contribution in [3.63, 3.8) is 0 Å². The minimum Gasteiger partial charge on any atom is -0.504 e. The van der Waals surface area contributed by atoms with Crippen LogP contribution in [-0.4, -0.2) is 24.7 Å². The predicted octanol–water partition coefficient (Wildman–Crippen LogP) is 2.28. The zero-order valence-electron chi connectivity index (χ0n) is 7.88. The molecule has 0 saturated carbocycles. The van der Waals surface area contributed by atoms with Crippen molar-refractivity contribution in [1.29, 1.82) is 0 Å². The molecule has 0 unspecified atom stereocenters. The molecule has 2 N–H and O–H groups in total. The van der Waals surface area contributed by atoms with E-state index in [9.17, 15) is 9.90 Å². The third-order valence-corrected chi connectivity index (χ3v) is 2.08. The van der Waals surface area contributed by atoms with Crippen LogP contribution in [0.5, 0.6) is 5.75 Å². The predicted molar refractivity (Wildman–Crippen MR) is 58.6 cm³/mol. The largest absolute Gasteiger partial charge is 0.504 e. The van der Waals surface area contributed by atoms with Crippen LogP contribution < -0.4 is 5.32 Å². The highest BCUT2D eigenvalue weighted by atomic mass is 35.5. The molecule has 4 nitrogen and oxygen atoms in total. The van der Waals surface area contributed by atoms with Crippen molar-refractivity contribution < 1.29 is 14.6 Å². The first-order valence-corrected chi connectivity index (χ1v) is 4.77. The standard InChI is InChI=1S/C9H9Cl2NO3/c1-15-4-8(13)12-7-3-5(10)2-6(11)9(7)14/h2-3,14H,4H2,1H3,(H,12,13). The highest BCUT2D eigenvalue weighted by molar-refractivity contribution is 6.36. The fraction of sp³-hybridized carbons (Fsp3) is 0.222. The number of phenolic OH excluding ortho intramolecular Hbond substituents is 1. The third kappa shape index (κ3) is 3.27. The summed E-state index contributed by atoms with van der Waals surface area (Å²) in [5.41, 5.74) is 0.162. The van der Waals surface area contributed by atoms with Gasteiger partial charge in [-0.05, 0) is 12.1 Å². The van der Waals surface area contributed by atoms with Crippen LogP contribution in [0.1, 0.15) is 0 Å². The number of halogens is 2. The van der Waals surface area contributed by atoms with Gasteiger partial charge >= 0.3 is 0 Å². The second-order valence-corrected chi connectivity index (χ2v) is 3.61. The lowest BCUT2D eigenvalue weighted by molar-refractivity contribution is -0.119. The molecule has 0 aromatic heterocycles. The number of rotatable bonds is 3. The van der Waals surface area contributed by atoms with Crippen molar-refractivity contribution in [2.24, 2.45) is 0 Å². The summed E-state index contributed by atoms with van der Waals surface area (Å²) in [4.78, 5) is 11.2. The summed E-state index contributed by atoms with van der Waals surface area (Å²) in [7, 11) is 1.39. The first kappa shape index (κ1) is 12.1. The second kappa shape index (κ2) is 5.21. The molecule has 0 bridgehead atoms. The van der Waals surface area contributed by atoms with Crippen molar-refractivity contribution in [2.75, 3.05) is 19.0 Å². The van der Waals surface area contributed by atoms with Gasteiger partial charge in [0.15, 0.2) is 5.75 Å². The van der Waals surface area contributed by atoms with Crippen LogP contribution in [0.3, 0.4) is 0 Å². The summed E-state index contributed by atoms with van der Waals surface area (Å²) >= 11 is 11.4. The second-order valence-electron chi connectivity index (χ2n) is 2.76. The van der Waals surface area contributed by atoms with E-state index in [2.05, 4.69) is 10.1 Å². The minimum absolute atomic E-state index is 0.0789. The summed E-state index contributed by atoms with van der Waals surface area (Å²) in [5.74, 6) is -0.614. The molecule has 0 aliphatic carbocycles. The lowest BCUT2D eigenvalue weighted by atomic mass is 10.3. The quantitative estimate of drug-likeness (QED) is 0.809. The smallest absolute Gasteiger partial charge is 0.250 e. The maximum atomic E-state index is 11.2. The Morgan fingerprint density at radius 3 is 2.80 bits per heavy atom. The summed E-state index contributed by atoms with van der Waals surface area (Å²) in [6.07, 6.45) is 0. The van der Waals surface area contributed by atoms with Gasteiger partial charge in [-0.1, -0.05) is 23.2 Å². The van der Waals surface area contributed by atoms with E-state index in [0.717, 1.165) is 0 Å². The van der Waals surface area contributed by atoms with E-state index in [0.29, 0.717) is 5.02 Å². The molecular weight excluding hydrogens is 241 g/mol. The third-order valence-electron chi connectivity index (χ3n) is 1.58. The molecule has 0 aliphatic rings. The van der Waals surface area contributed by atoms with Gasteiger partial charge in [-0.15, -0.1) is 0 Å². The first-order valence-electron chi connectivity index (χ1n) is 4.01. The van der Waals surface area contributed by atoms with Crippen molar-refractivity contribution in [1.82, 2.24) is 0 Å². The number of aromatic hydroxyl groups is 1. The van der Waals surface area contributed by atoms with E-state index in [4.69, 9.17) is 23.2 Å². The van der Waals surface area contributed by atoms with E-state index in [1.54, 1.807) is 0 Å². The molecule has 0 saturated heterocycles. The van der Waals surface area contributed by atoms with Gasteiger partial charge in [-0.2, -0.15) is 0 Å². The normalized spacial score (nSPS) is 10.1. The SMILES string of the molecule is COCC(=O)Nc1cc(Cl)cc(Cl)c1O. The Labute approximate surface area is 96.8 Å². The molecule has 0 radical (unpaired) electrons. The average Bonchev–Trinajstić information content (AvgIpc) is 2.13. The number of hydrogen-bond donors (Lipinski definition) is 2. The number of amides is 1. The van der Waals surface area contributed by atoms with Crippen LogP contribution in [-0.2, 0) is 9.53 Å².